The van der Waals surface area contributed by atoms with Crippen molar-refractivity contribution in [2.45, 2.75) is 29.8 Å². The van der Waals surface area contributed by atoms with Gasteiger partial charge in [-0.2, -0.15) is 10.5 Å². The highest BCUT2D eigenvalue weighted by Gasteiger charge is 2.97. The fourth-order valence-corrected chi connectivity index (χ4v) is 4.67. The molecule has 0 aromatic heterocycles. The lowest BCUT2D eigenvalue weighted by atomic mass is 9.94. The molecule has 4 rings (SSSR count). The van der Waals surface area contributed by atoms with Crippen molar-refractivity contribution in [1.82, 2.24) is 0 Å². The molecule has 2 heterocycles. The Kier molecular flexibility index (Phi) is 3.05. The van der Waals surface area contributed by atoms with Crippen molar-refractivity contribution in [3.8, 4) is 12.1 Å². The highest BCUT2D eigenvalue weighted by molar-refractivity contribution is 7.98. The van der Waals surface area contributed by atoms with Crippen molar-refractivity contribution in [1.29, 1.82) is 10.5 Å². The average molecular weight is 341 g/mol. The van der Waals surface area contributed by atoms with Gasteiger partial charge in [0.25, 0.3) is 5.84 Å². The van der Waals surface area contributed by atoms with E-state index in [-0.39, 0.29) is 17.9 Å². The Morgan fingerprint density at radius 1 is 1.29 bits per heavy atom. The summed E-state index contributed by atoms with van der Waals surface area (Å²) in [5, 5.41) is 20.0. The zero-order valence-electron chi connectivity index (χ0n) is 13.4. The van der Waals surface area contributed by atoms with Crippen LogP contribution >= 0.6 is 11.8 Å². The molecule has 1 saturated carbocycles. The van der Waals surface area contributed by atoms with Crippen LogP contribution in [0.15, 0.2) is 29.2 Å². The van der Waals surface area contributed by atoms with Crippen molar-refractivity contribution in [2.75, 3.05) is 12.9 Å². The Hall–Kier alpha value is -2.06. The van der Waals surface area contributed by atoms with Crippen LogP contribution in [0.4, 0.5) is 0 Å². The molecule has 0 amide bonds. The summed E-state index contributed by atoms with van der Waals surface area (Å²) in [6.07, 6.45) is 1.82. The van der Waals surface area contributed by atoms with Crippen molar-refractivity contribution < 1.29 is 14.5 Å². The maximum atomic E-state index is 10.1. The number of nitriles is 2. The molecule has 6 nitrogen and oxygen atoms in total. The summed E-state index contributed by atoms with van der Waals surface area (Å²) in [5.41, 5.74) is 4.74. The molecule has 24 heavy (non-hydrogen) atoms. The van der Waals surface area contributed by atoms with Crippen LogP contribution in [-0.2, 0) is 9.47 Å². The van der Waals surface area contributed by atoms with Gasteiger partial charge in [0, 0.05) is 10.8 Å². The van der Waals surface area contributed by atoms with Gasteiger partial charge in [0.2, 0.25) is 0 Å². The third kappa shape index (κ3) is 1.46. The molecule has 3 N–H and O–H groups in total. The molecule has 7 heteroatoms. The van der Waals surface area contributed by atoms with E-state index in [0.29, 0.717) is 6.61 Å². The average Bonchev–Trinajstić information content (AvgIpc) is 2.99. The second-order valence-electron chi connectivity index (χ2n) is 6.44. The van der Waals surface area contributed by atoms with Gasteiger partial charge in [-0.05, 0) is 30.9 Å². The lowest BCUT2D eigenvalue weighted by molar-refractivity contribution is -0.677. The topological polar surface area (TPSA) is 106 Å². The molecule has 1 aromatic rings. The van der Waals surface area contributed by atoms with E-state index in [1.54, 1.807) is 11.8 Å². The number of ether oxygens (including phenoxy) is 2. The van der Waals surface area contributed by atoms with E-state index >= 15 is 0 Å². The lowest BCUT2D eigenvalue weighted by Gasteiger charge is -2.24. The van der Waals surface area contributed by atoms with Crippen molar-refractivity contribution in [2.24, 2.45) is 16.6 Å². The number of hydrogen-bond acceptors (Lipinski definition) is 6. The maximum absolute atomic E-state index is 10.1. The monoisotopic (exact) mass is 341 g/mol. The minimum absolute atomic E-state index is 0.176. The van der Waals surface area contributed by atoms with Crippen LogP contribution in [0.2, 0.25) is 0 Å². The van der Waals surface area contributed by atoms with E-state index in [1.807, 2.05) is 37.4 Å². The van der Waals surface area contributed by atoms with Crippen molar-refractivity contribution in [3.05, 3.63) is 29.8 Å². The molecule has 3 aliphatic rings. The number of benzene rings is 1. The zero-order valence-corrected chi connectivity index (χ0v) is 14.2. The summed E-state index contributed by atoms with van der Waals surface area (Å²) in [4.78, 5) is 4.08. The van der Waals surface area contributed by atoms with Gasteiger partial charge in [-0.25, -0.2) is 4.99 Å². The smallest absolute Gasteiger partial charge is 0.311 e. The molecule has 1 saturated heterocycles. The normalized spacial score (nSPS) is 42.2. The van der Waals surface area contributed by atoms with Gasteiger partial charge >= 0.3 is 5.91 Å². The summed E-state index contributed by atoms with van der Waals surface area (Å²) in [7, 11) is 0. The predicted molar refractivity (Wildman–Crippen MR) is 86.4 cm³/mol. The van der Waals surface area contributed by atoms with Crippen LogP contribution in [0.25, 0.3) is 0 Å². The van der Waals surface area contributed by atoms with Gasteiger partial charge in [-0.3, -0.25) is 5.73 Å². The van der Waals surface area contributed by atoms with E-state index in [1.165, 1.54) is 0 Å². The molecule has 0 unspecified atom stereocenters. The highest BCUT2D eigenvalue weighted by atomic mass is 32.2. The molecule has 1 aromatic carbocycles. The summed E-state index contributed by atoms with van der Waals surface area (Å²) in [5.74, 6) is -1.49. The van der Waals surface area contributed by atoms with E-state index in [9.17, 15) is 10.5 Å². The quantitative estimate of drug-likeness (QED) is 0.737. The lowest BCUT2D eigenvalue weighted by Crippen LogP contribution is -2.90. The Balaban J connectivity index is 1.87. The minimum atomic E-state index is -1.36. The number of nitrogens with two attached hydrogens (primary N) is 1. The molecule has 0 bridgehead atoms. The number of fused-ring (bicyclic) bond motifs is 2. The van der Waals surface area contributed by atoms with Gasteiger partial charge in [0.1, 0.15) is 0 Å². The SMILES string of the molecule is CSc1ccc([C@H]2[C@@]3(C#N)[C@@]4([NH+]=C(N)[C@@]23C#N)OC[C@H](C)O4)cc1. The summed E-state index contributed by atoms with van der Waals surface area (Å²) < 4.78 is 11.8. The van der Waals surface area contributed by atoms with Gasteiger partial charge < -0.3 is 9.47 Å². The predicted octanol–water partition coefficient (Wildman–Crippen LogP) is 0.0662. The Morgan fingerprint density at radius 3 is 2.50 bits per heavy atom. The van der Waals surface area contributed by atoms with E-state index in [0.717, 1.165) is 10.5 Å². The molecular formula is C17H17N4O2S+. The standard InChI is InChI=1S/C17H16N4O2S/c1-10-7-22-17(23-10)16(9-19)13(15(16,8-18)14(20)21-17)11-3-5-12(24-2)6-4-11/h3-6,10,13H,7H2,1-2H3,(H2,20,21)/p+1/t10-,13+,15+,16+,17+/m0/s1. The Labute approximate surface area is 144 Å². The van der Waals surface area contributed by atoms with Crippen molar-refractivity contribution in [3.63, 3.8) is 0 Å². The van der Waals surface area contributed by atoms with E-state index in [2.05, 4.69) is 17.1 Å². The first-order valence-corrected chi connectivity index (χ1v) is 8.93. The Morgan fingerprint density at radius 2 is 2.00 bits per heavy atom. The van der Waals surface area contributed by atoms with Crippen LogP contribution < -0.4 is 10.7 Å². The minimum Gasteiger partial charge on any atom is -0.311 e. The van der Waals surface area contributed by atoms with Gasteiger partial charge in [-0.1, -0.05) is 12.1 Å². The number of hydrogen-bond donors (Lipinski definition) is 2. The van der Waals surface area contributed by atoms with Crippen LogP contribution in [0.5, 0.6) is 0 Å². The van der Waals surface area contributed by atoms with Crippen LogP contribution in [0.3, 0.4) is 0 Å². The highest BCUT2D eigenvalue weighted by Crippen LogP contribution is 2.79. The fraction of sp³-hybridized carbons (Fsp3) is 0.471. The van der Waals surface area contributed by atoms with Crippen molar-refractivity contribution >= 4 is 17.6 Å². The molecular weight excluding hydrogens is 324 g/mol. The van der Waals surface area contributed by atoms with Gasteiger partial charge in [0.05, 0.1) is 24.8 Å². The molecule has 0 radical (unpaired) electrons. The molecule has 1 spiro atoms. The second kappa shape index (κ2) is 4.73. The fourth-order valence-electron chi connectivity index (χ4n) is 4.26. The third-order valence-electron chi connectivity index (χ3n) is 5.34. The van der Waals surface area contributed by atoms with Gasteiger partial charge in [0.15, 0.2) is 10.8 Å². The molecule has 2 fully saturated rings. The first-order chi connectivity index (χ1) is 11.5. The zero-order chi connectivity index (χ0) is 17.2. The third-order valence-corrected chi connectivity index (χ3v) is 6.08. The summed E-state index contributed by atoms with van der Waals surface area (Å²) >= 11 is 1.64. The number of nitrogens with one attached hydrogen (secondary N) is 1. The van der Waals surface area contributed by atoms with Crippen LogP contribution in [-0.4, -0.2) is 30.7 Å². The van der Waals surface area contributed by atoms with E-state index < -0.39 is 16.7 Å². The maximum Gasteiger partial charge on any atom is 0.343 e. The number of amidine groups is 1. The van der Waals surface area contributed by atoms with E-state index in [4.69, 9.17) is 15.2 Å². The largest absolute Gasteiger partial charge is 0.343 e. The van der Waals surface area contributed by atoms with Gasteiger partial charge in [-0.15, -0.1) is 11.8 Å². The molecule has 1 aliphatic carbocycles. The summed E-state index contributed by atoms with van der Waals surface area (Å²) in [6, 6.07) is 12.5. The molecule has 2 aliphatic heterocycles. The Bertz CT molecular complexity index is 826. The first-order valence-electron chi connectivity index (χ1n) is 7.70. The summed E-state index contributed by atoms with van der Waals surface area (Å²) in [6.45, 7) is 2.22. The number of nitrogens with zero attached hydrogens (tertiary/aromatic N) is 2. The molecule has 5 atom stereocenters. The number of rotatable bonds is 2. The molecule has 122 valence electrons. The van der Waals surface area contributed by atoms with Crippen LogP contribution in [0, 0.1) is 33.5 Å². The second-order valence-corrected chi connectivity index (χ2v) is 7.32. The number of thioether (sulfide) groups is 1. The van der Waals surface area contributed by atoms with Crippen LogP contribution in [0.1, 0.15) is 18.4 Å². The first kappa shape index (κ1) is 15.5.